The highest BCUT2D eigenvalue weighted by Gasteiger charge is 2.19. The van der Waals surface area contributed by atoms with Crippen LogP contribution in [0, 0.1) is 0 Å². The molecule has 0 aromatic carbocycles. The number of hydrogen-bond donors (Lipinski definition) is 3. The molecule has 0 spiro atoms. The van der Waals surface area contributed by atoms with Gasteiger partial charge in [0.05, 0.1) is 6.20 Å². The smallest absolute Gasteiger partial charge is 0.222 e. The van der Waals surface area contributed by atoms with Crippen molar-refractivity contribution in [3.8, 4) is 0 Å². The molecular weight excluding hydrogens is 252 g/mol. The van der Waals surface area contributed by atoms with Crippen molar-refractivity contribution in [1.29, 1.82) is 0 Å². The maximum atomic E-state index is 4.13. The fourth-order valence-corrected chi connectivity index (χ4v) is 1.97. The van der Waals surface area contributed by atoms with Gasteiger partial charge < -0.3 is 10.6 Å². The second kappa shape index (κ2) is 6.47. The molecule has 0 fully saturated rings. The minimum Gasteiger partial charge on any atom is -0.353 e. The van der Waals surface area contributed by atoms with Gasteiger partial charge in [-0.15, -0.1) is 0 Å². The highest BCUT2D eigenvalue weighted by atomic mass is 15.1. The summed E-state index contributed by atoms with van der Waals surface area (Å²) in [6, 6.07) is 1.80. The molecule has 0 bridgehead atoms. The lowest BCUT2D eigenvalue weighted by molar-refractivity contribution is 0.554. The van der Waals surface area contributed by atoms with Gasteiger partial charge in [-0.05, 0) is 6.07 Å². The zero-order valence-electron chi connectivity index (χ0n) is 12.3. The molecular formula is C14H22N6. The third-order valence-corrected chi connectivity index (χ3v) is 2.93. The van der Waals surface area contributed by atoms with Crippen LogP contribution >= 0.6 is 0 Å². The lowest BCUT2D eigenvalue weighted by atomic mass is 9.89. The molecule has 2 rings (SSSR count). The van der Waals surface area contributed by atoms with Crippen LogP contribution in [0.15, 0.2) is 24.7 Å². The minimum absolute atomic E-state index is 0.0869. The summed E-state index contributed by atoms with van der Waals surface area (Å²) < 4.78 is 0. The van der Waals surface area contributed by atoms with Crippen LogP contribution in [-0.4, -0.2) is 33.3 Å². The van der Waals surface area contributed by atoms with Crippen molar-refractivity contribution in [2.24, 2.45) is 0 Å². The van der Waals surface area contributed by atoms with E-state index >= 15 is 0 Å². The largest absolute Gasteiger partial charge is 0.353 e. The molecule has 0 amide bonds. The first-order valence-corrected chi connectivity index (χ1v) is 6.81. The van der Waals surface area contributed by atoms with Crippen LogP contribution in [0.1, 0.15) is 32.0 Å². The maximum Gasteiger partial charge on any atom is 0.222 e. The first kappa shape index (κ1) is 14.5. The molecule has 0 atom stereocenters. The Morgan fingerprint density at radius 2 is 1.90 bits per heavy atom. The van der Waals surface area contributed by atoms with Gasteiger partial charge in [0.25, 0.3) is 0 Å². The van der Waals surface area contributed by atoms with E-state index in [1.54, 1.807) is 18.5 Å². The molecule has 20 heavy (non-hydrogen) atoms. The van der Waals surface area contributed by atoms with Crippen LogP contribution in [0.5, 0.6) is 0 Å². The zero-order valence-corrected chi connectivity index (χ0v) is 12.3. The van der Waals surface area contributed by atoms with E-state index in [9.17, 15) is 0 Å². The summed E-state index contributed by atoms with van der Waals surface area (Å²) in [5, 5.41) is 13.8. The predicted molar refractivity (Wildman–Crippen MR) is 79.5 cm³/mol. The van der Waals surface area contributed by atoms with E-state index in [-0.39, 0.29) is 5.41 Å². The SMILES string of the molecule is CC(C)(C)c1[nH]ncc1CNCCNc1ncccn1. The summed E-state index contributed by atoms with van der Waals surface area (Å²) in [5.41, 5.74) is 2.49. The molecule has 0 unspecified atom stereocenters. The summed E-state index contributed by atoms with van der Waals surface area (Å²) in [4.78, 5) is 8.22. The Bertz CT molecular complexity index is 514. The van der Waals surface area contributed by atoms with E-state index in [0.717, 1.165) is 19.6 Å². The van der Waals surface area contributed by atoms with Crippen molar-refractivity contribution in [2.45, 2.75) is 32.7 Å². The third-order valence-electron chi connectivity index (χ3n) is 2.93. The molecule has 2 aromatic heterocycles. The summed E-state index contributed by atoms with van der Waals surface area (Å²) in [6.07, 6.45) is 5.34. The highest BCUT2D eigenvalue weighted by molar-refractivity contribution is 5.23. The number of nitrogens with zero attached hydrogens (tertiary/aromatic N) is 3. The van der Waals surface area contributed by atoms with Crippen molar-refractivity contribution in [3.63, 3.8) is 0 Å². The van der Waals surface area contributed by atoms with Gasteiger partial charge in [0, 0.05) is 48.7 Å². The van der Waals surface area contributed by atoms with Crippen LogP contribution in [0.25, 0.3) is 0 Å². The van der Waals surface area contributed by atoms with Crippen LogP contribution in [-0.2, 0) is 12.0 Å². The van der Waals surface area contributed by atoms with E-state index in [2.05, 4.69) is 51.6 Å². The number of nitrogens with one attached hydrogen (secondary N) is 3. The van der Waals surface area contributed by atoms with Gasteiger partial charge in [0.1, 0.15) is 0 Å². The Hall–Kier alpha value is -1.95. The Morgan fingerprint density at radius 3 is 2.60 bits per heavy atom. The van der Waals surface area contributed by atoms with Gasteiger partial charge in [0.2, 0.25) is 5.95 Å². The van der Waals surface area contributed by atoms with Gasteiger partial charge in [-0.25, -0.2) is 9.97 Å². The normalized spacial score (nSPS) is 11.6. The van der Waals surface area contributed by atoms with Crippen molar-refractivity contribution in [2.75, 3.05) is 18.4 Å². The third kappa shape index (κ3) is 4.03. The minimum atomic E-state index is 0.0869. The molecule has 0 radical (unpaired) electrons. The molecule has 6 nitrogen and oxygen atoms in total. The molecule has 3 N–H and O–H groups in total. The average Bonchev–Trinajstić information content (AvgIpc) is 2.88. The van der Waals surface area contributed by atoms with E-state index in [1.165, 1.54) is 11.3 Å². The molecule has 2 aromatic rings. The molecule has 0 aliphatic rings. The van der Waals surface area contributed by atoms with Crippen molar-refractivity contribution < 1.29 is 0 Å². The number of H-pyrrole nitrogens is 1. The second-order valence-electron chi connectivity index (χ2n) is 5.70. The van der Waals surface area contributed by atoms with Gasteiger partial charge in [-0.3, -0.25) is 5.10 Å². The maximum absolute atomic E-state index is 4.13. The van der Waals surface area contributed by atoms with Crippen molar-refractivity contribution in [3.05, 3.63) is 35.9 Å². The van der Waals surface area contributed by atoms with E-state index in [0.29, 0.717) is 5.95 Å². The van der Waals surface area contributed by atoms with Crippen LogP contribution in [0.2, 0.25) is 0 Å². The number of aromatic amines is 1. The molecule has 0 aliphatic heterocycles. The van der Waals surface area contributed by atoms with E-state index in [1.807, 2.05) is 6.20 Å². The van der Waals surface area contributed by atoms with Crippen molar-refractivity contribution in [1.82, 2.24) is 25.5 Å². The van der Waals surface area contributed by atoms with Crippen LogP contribution < -0.4 is 10.6 Å². The number of hydrogen-bond acceptors (Lipinski definition) is 5. The Balaban J connectivity index is 1.73. The number of aromatic nitrogens is 4. The topological polar surface area (TPSA) is 78.5 Å². The number of anilines is 1. The summed E-state index contributed by atoms with van der Waals surface area (Å²) in [7, 11) is 0. The predicted octanol–water partition coefficient (Wildman–Crippen LogP) is 1.70. The van der Waals surface area contributed by atoms with Crippen molar-refractivity contribution >= 4 is 5.95 Å². The number of rotatable bonds is 6. The monoisotopic (exact) mass is 274 g/mol. The summed E-state index contributed by atoms with van der Waals surface area (Å²) >= 11 is 0. The molecule has 6 heteroatoms. The Kier molecular flexibility index (Phi) is 4.68. The van der Waals surface area contributed by atoms with Gasteiger partial charge >= 0.3 is 0 Å². The summed E-state index contributed by atoms with van der Waals surface area (Å²) in [6.45, 7) is 8.97. The van der Waals surface area contributed by atoms with E-state index < -0.39 is 0 Å². The van der Waals surface area contributed by atoms with Crippen LogP contribution in [0.3, 0.4) is 0 Å². The van der Waals surface area contributed by atoms with Gasteiger partial charge in [-0.1, -0.05) is 20.8 Å². The van der Waals surface area contributed by atoms with E-state index in [4.69, 9.17) is 0 Å². The molecule has 0 saturated carbocycles. The Morgan fingerprint density at radius 1 is 1.15 bits per heavy atom. The summed E-state index contributed by atoms with van der Waals surface area (Å²) in [5.74, 6) is 0.660. The first-order valence-electron chi connectivity index (χ1n) is 6.81. The molecule has 0 aliphatic carbocycles. The van der Waals surface area contributed by atoms with Gasteiger partial charge in [-0.2, -0.15) is 5.10 Å². The second-order valence-corrected chi connectivity index (χ2v) is 5.70. The fraction of sp³-hybridized carbons (Fsp3) is 0.500. The van der Waals surface area contributed by atoms with Gasteiger partial charge in [0.15, 0.2) is 0 Å². The Labute approximate surface area is 119 Å². The first-order chi connectivity index (χ1) is 9.57. The lowest BCUT2D eigenvalue weighted by Gasteiger charge is -2.18. The average molecular weight is 274 g/mol. The molecule has 0 saturated heterocycles. The quantitative estimate of drug-likeness (QED) is 0.699. The fourth-order valence-electron chi connectivity index (χ4n) is 1.97. The standard InChI is InChI=1S/C14H22N6/c1-14(2,3)12-11(10-19-20-12)9-15-7-8-18-13-16-5-4-6-17-13/h4-6,10,15H,7-9H2,1-3H3,(H,19,20)(H,16,17,18). The van der Waals surface area contributed by atoms with Crippen LogP contribution in [0.4, 0.5) is 5.95 Å². The zero-order chi connectivity index (χ0) is 14.4. The molecule has 108 valence electrons. The highest BCUT2D eigenvalue weighted by Crippen LogP contribution is 2.22. The molecule has 2 heterocycles. The lowest BCUT2D eigenvalue weighted by Crippen LogP contribution is -2.24.